The van der Waals surface area contributed by atoms with E-state index in [1.54, 1.807) is 70.4 Å². The molecule has 1 amide bonds. The largest absolute Gasteiger partial charge is 0.392 e. The van der Waals surface area contributed by atoms with Crippen LogP contribution in [0.2, 0.25) is 0 Å². The zero-order chi connectivity index (χ0) is 32.6. The number of anilines is 2. The van der Waals surface area contributed by atoms with Crippen molar-refractivity contribution in [2.24, 2.45) is 7.05 Å². The monoisotopic (exact) mass is 607 g/mol. The maximum absolute atomic E-state index is 15.4. The molecule has 5 aromatic rings. The molecule has 3 heterocycles. The SMILES string of the molecule is CN(C)C(=O)c1ccc(Nc2cc(-c3cccc(-n4ccc5cc(C(C)(C)C#N)cc(F)c5c4=O)c3CO)nn(C)c2=O)nc1. The van der Waals surface area contributed by atoms with Crippen molar-refractivity contribution in [3.05, 3.63) is 110 Å². The molecule has 12 heteroatoms. The molecule has 0 aliphatic heterocycles. The van der Waals surface area contributed by atoms with Gasteiger partial charge >= 0.3 is 0 Å². The number of aromatic nitrogens is 4. The molecule has 45 heavy (non-hydrogen) atoms. The van der Waals surface area contributed by atoms with Crippen molar-refractivity contribution in [1.29, 1.82) is 5.26 Å². The highest BCUT2D eigenvalue weighted by Crippen LogP contribution is 2.30. The number of carbonyl (C=O) groups is 1. The van der Waals surface area contributed by atoms with E-state index >= 15 is 4.39 Å². The number of fused-ring (bicyclic) bond motifs is 1. The molecule has 0 unspecified atom stereocenters. The first-order valence-electron chi connectivity index (χ1n) is 13.9. The Morgan fingerprint density at radius 3 is 2.51 bits per heavy atom. The first-order valence-corrected chi connectivity index (χ1v) is 13.9. The molecule has 11 nitrogen and oxygen atoms in total. The summed E-state index contributed by atoms with van der Waals surface area (Å²) in [6, 6.07) is 16.2. The van der Waals surface area contributed by atoms with Crippen molar-refractivity contribution in [2.75, 3.05) is 19.4 Å². The van der Waals surface area contributed by atoms with Crippen LogP contribution in [0.4, 0.5) is 15.9 Å². The fraction of sp³-hybridized carbons (Fsp3) is 0.212. The molecule has 0 aliphatic rings. The lowest BCUT2D eigenvalue weighted by atomic mass is 9.85. The number of benzene rings is 2. The molecule has 0 saturated carbocycles. The number of carbonyl (C=O) groups excluding carboxylic acids is 1. The molecule has 5 rings (SSSR count). The molecule has 3 aromatic heterocycles. The number of aliphatic hydroxyl groups excluding tert-OH is 1. The summed E-state index contributed by atoms with van der Waals surface area (Å²) >= 11 is 0. The summed E-state index contributed by atoms with van der Waals surface area (Å²) < 4.78 is 17.7. The van der Waals surface area contributed by atoms with Crippen LogP contribution in [0.25, 0.3) is 27.7 Å². The minimum Gasteiger partial charge on any atom is -0.392 e. The topological polar surface area (TPSA) is 146 Å². The van der Waals surface area contributed by atoms with E-state index in [1.165, 1.54) is 41.0 Å². The van der Waals surface area contributed by atoms with Crippen LogP contribution in [0, 0.1) is 17.1 Å². The van der Waals surface area contributed by atoms with Gasteiger partial charge in [-0.25, -0.2) is 14.1 Å². The lowest BCUT2D eigenvalue weighted by molar-refractivity contribution is 0.0827. The van der Waals surface area contributed by atoms with E-state index in [1.807, 2.05) is 0 Å². The van der Waals surface area contributed by atoms with E-state index in [-0.39, 0.29) is 17.0 Å². The van der Waals surface area contributed by atoms with Gasteiger partial charge in [0.05, 0.1) is 40.4 Å². The van der Waals surface area contributed by atoms with E-state index in [4.69, 9.17) is 0 Å². The molecule has 228 valence electrons. The summed E-state index contributed by atoms with van der Waals surface area (Å²) in [6.07, 6.45) is 2.89. The molecule has 2 N–H and O–H groups in total. The van der Waals surface area contributed by atoms with Crippen molar-refractivity contribution in [3.63, 3.8) is 0 Å². The Bertz CT molecular complexity index is 2130. The Balaban J connectivity index is 1.59. The van der Waals surface area contributed by atoms with Crippen LogP contribution in [0.5, 0.6) is 0 Å². The Labute approximate surface area is 257 Å². The molecule has 0 aliphatic carbocycles. The Hall–Kier alpha value is -5.67. The van der Waals surface area contributed by atoms with Gasteiger partial charge in [-0.15, -0.1) is 0 Å². The van der Waals surface area contributed by atoms with Crippen LogP contribution < -0.4 is 16.4 Å². The average Bonchev–Trinajstić information content (AvgIpc) is 3.02. The Morgan fingerprint density at radius 1 is 1.11 bits per heavy atom. The van der Waals surface area contributed by atoms with Crippen LogP contribution in [0.15, 0.2) is 76.6 Å². The number of aliphatic hydroxyl groups is 1. The summed E-state index contributed by atoms with van der Waals surface area (Å²) in [6.45, 7) is 2.84. The summed E-state index contributed by atoms with van der Waals surface area (Å²) in [4.78, 5) is 44.5. The Morgan fingerprint density at radius 2 is 1.87 bits per heavy atom. The number of rotatable bonds is 7. The summed E-state index contributed by atoms with van der Waals surface area (Å²) in [7, 11) is 4.74. The number of aryl methyl sites for hydroxylation is 1. The maximum atomic E-state index is 15.4. The number of pyridine rings is 2. The summed E-state index contributed by atoms with van der Waals surface area (Å²) in [5.41, 5.74) is 0.296. The molecule has 0 saturated heterocycles. The Kier molecular flexibility index (Phi) is 8.06. The smallest absolute Gasteiger partial charge is 0.290 e. The number of hydrogen-bond acceptors (Lipinski definition) is 8. The fourth-order valence-electron chi connectivity index (χ4n) is 4.97. The van der Waals surface area contributed by atoms with Gasteiger partial charge in [-0.3, -0.25) is 19.0 Å². The molecule has 0 atom stereocenters. The van der Waals surface area contributed by atoms with Crippen LogP contribution >= 0.6 is 0 Å². The second-order valence-corrected chi connectivity index (χ2v) is 11.2. The number of hydrogen-bond donors (Lipinski definition) is 2. The van der Waals surface area contributed by atoms with Crippen LogP contribution in [-0.2, 0) is 19.1 Å². The quantitative estimate of drug-likeness (QED) is 0.282. The van der Waals surface area contributed by atoms with Gasteiger partial charge in [0.15, 0.2) is 0 Å². The molecule has 0 bridgehead atoms. The van der Waals surface area contributed by atoms with Gasteiger partial charge in [0.25, 0.3) is 17.0 Å². The zero-order valence-corrected chi connectivity index (χ0v) is 25.3. The van der Waals surface area contributed by atoms with E-state index in [0.29, 0.717) is 44.8 Å². The van der Waals surface area contributed by atoms with Crippen LogP contribution in [0.3, 0.4) is 0 Å². The van der Waals surface area contributed by atoms with Crippen molar-refractivity contribution < 1.29 is 14.3 Å². The average molecular weight is 608 g/mol. The summed E-state index contributed by atoms with van der Waals surface area (Å²) in [5, 5.41) is 27.5. The fourth-order valence-corrected chi connectivity index (χ4v) is 4.97. The number of nitrogens with one attached hydrogen (secondary N) is 1. The molecular formula is C33H30FN7O4. The van der Waals surface area contributed by atoms with Crippen molar-refractivity contribution in [2.45, 2.75) is 25.9 Å². The first kappa shape index (κ1) is 30.8. The van der Waals surface area contributed by atoms with Crippen LogP contribution in [-0.4, -0.2) is 49.3 Å². The highest BCUT2D eigenvalue weighted by atomic mass is 19.1. The van der Waals surface area contributed by atoms with E-state index in [2.05, 4.69) is 21.5 Å². The number of amides is 1. The predicted molar refractivity (Wildman–Crippen MR) is 168 cm³/mol. The lowest BCUT2D eigenvalue weighted by Gasteiger charge is -2.18. The van der Waals surface area contributed by atoms with E-state index in [0.717, 1.165) is 4.68 Å². The highest BCUT2D eigenvalue weighted by molar-refractivity contribution is 5.93. The lowest BCUT2D eigenvalue weighted by Crippen LogP contribution is -2.24. The molecule has 0 radical (unpaired) electrons. The number of halogens is 1. The van der Waals surface area contributed by atoms with E-state index < -0.39 is 29.0 Å². The third-order valence-electron chi connectivity index (χ3n) is 7.55. The third kappa shape index (κ3) is 5.69. The van der Waals surface area contributed by atoms with Crippen molar-refractivity contribution >= 4 is 28.2 Å². The van der Waals surface area contributed by atoms with Crippen molar-refractivity contribution in [3.8, 4) is 23.0 Å². The maximum Gasteiger partial charge on any atom is 0.290 e. The van der Waals surface area contributed by atoms with Gasteiger partial charge in [-0.1, -0.05) is 12.1 Å². The van der Waals surface area contributed by atoms with Gasteiger partial charge < -0.3 is 15.3 Å². The molecule has 0 spiro atoms. The second kappa shape index (κ2) is 11.8. The van der Waals surface area contributed by atoms with Gasteiger partial charge in [-0.2, -0.15) is 10.4 Å². The highest BCUT2D eigenvalue weighted by Gasteiger charge is 2.23. The third-order valence-corrected chi connectivity index (χ3v) is 7.55. The van der Waals surface area contributed by atoms with Crippen LogP contribution in [0.1, 0.15) is 35.3 Å². The summed E-state index contributed by atoms with van der Waals surface area (Å²) in [5.74, 6) is -0.648. The normalized spacial score (nSPS) is 11.3. The van der Waals surface area contributed by atoms with Gasteiger partial charge in [0.1, 0.15) is 17.3 Å². The van der Waals surface area contributed by atoms with Gasteiger partial charge in [-0.05, 0) is 67.3 Å². The minimum absolute atomic E-state index is 0.136. The molecular weight excluding hydrogens is 577 g/mol. The number of nitrogens with zero attached hydrogens (tertiary/aromatic N) is 6. The zero-order valence-electron chi connectivity index (χ0n) is 25.3. The standard InChI is InChI=1S/C33H30FN7O4/c1-33(2,18-35)21-13-19-11-12-41(32(45)29(19)24(34)14-21)27-8-6-7-22(23(27)17-42)25-15-26(31(44)40(5)38-25)37-28-10-9-20(16-36-28)30(43)39(3)4/h6-16,42H,17H2,1-5H3,(H,36,37). The molecule has 2 aromatic carbocycles. The first-order chi connectivity index (χ1) is 21.4. The molecule has 0 fully saturated rings. The van der Waals surface area contributed by atoms with E-state index in [9.17, 15) is 24.8 Å². The number of nitriles is 1. The van der Waals surface area contributed by atoms with Gasteiger partial charge in [0, 0.05) is 44.7 Å². The van der Waals surface area contributed by atoms with Crippen molar-refractivity contribution in [1.82, 2.24) is 24.2 Å². The second-order valence-electron chi connectivity index (χ2n) is 11.2. The van der Waals surface area contributed by atoms with Gasteiger partial charge in [0.2, 0.25) is 0 Å². The predicted octanol–water partition coefficient (Wildman–Crippen LogP) is 4.02. The minimum atomic E-state index is -0.955.